The largest absolute Gasteiger partial charge is 0.433 e. The van der Waals surface area contributed by atoms with Crippen molar-refractivity contribution in [1.29, 1.82) is 0 Å². The van der Waals surface area contributed by atoms with Crippen LogP contribution < -0.4 is 16.3 Å². The lowest BCUT2D eigenvalue weighted by Crippen LogP contribution is -2.44. The van der Waals surface area contributed by atoms with E-state index >= 15 is 0 Å². The van der Waals surface area contributed by atoms with E-state index in [1.54, 1.807) is 19.3 Å². The molecule has 288 valence electrons. The molecule has 8 rings (SSSR count). The molecule has 17 heteroatoms. The van der Waals surface area contributed by atoms with Crippen LogP contribution in [0, 0.1) is 5.92 Å². The van der Waals surface area contributed by atoms with Crippen LogP contribution in [0.4, 0.5) is 19.0 Å². The molecule has 0 bridgehead atoms. The van der Waals surface area contributed by atoms with Crippen molar-refractivity contribution in [2.75, 3.05) is 25.0 Å². The van der Waals surface area contributed by atoms with Gasteiger partial charge in [-0.2, -0.15) is 18.3 Å². The number of nitrogens with one attached hydrogen (secondary N) is 2. The number of fused-ring (bicyclic) bond motifs is 2. The number of carbonyl (C=O) groups excluding carboxylic acids is 3. The number of anilines is 1. The summed E-state index contributed by atoms with van der Waals surface area (Å²) < 4.78 is 44.1. The number of amides is 3. The number of benzene rings is 1. The Morgan fingerprint density at radius 3 is 2.51 bits per heavy atom. The molecule has 2 N–H and O–H groups in total. The lowest BCUT2D eigenvalue weighted by molar-refractivity contribution is -0.141. The quantitative estimate of drug-likeness (QED) is 0.192. The topological polar surface area (TPSA) is 149 Å². The number of alkyl halides is 3. The number of hydrogen-bond acceptors (Lipinski definition) is 8. The van der Waals surface area contributed by atoms with E-state index in [4.69, 9.17) is 16.7 Å². The number of piperidine rings is 2. The van der Waals surface area contributed by atoms with Gasteiger partial charge in [-0.05, 0) is 99.7 Å². The molecule has 3 amide bonds. The summed E-state index contributed by atoms with van der Waals surface area (Å²) in [7, 11) is 1.66. The van der Waals surface area contributed by atoms with Crippen LogP contribution in [0.25, 0.3) is 21.9 Å². The fraction of sp³-hybridized carbons (Fsp3) is 0.447. The first kappa shape index (κ1) is 36.9. The molecule has 1 saturated carbocycles. The number of hydrogen-bond donors (Lipinski definition) is 2. The van der Waals surface area contributed by atoms with Gasteiger partial charge in [-0.3, -0.25) is 33.5 Å². The third kappa shape index (κ3) is 7.24. The molecule has 13 nitrogen and oxygen atoms in total. The number of nitrogens with zero attached hydrogens (tertiary/aromatic N) is 7. The van der Waals surface area contributed by atoms with E-state index in [-0.39, 0.29) is 47.9 Å². The summed E-state index contributed by atoms with van der Waals surface area (Å²) in [5.41, 5.74) is 1.03. The van der Waals surface area contributed by atoms with E-state index in [1.165, 1.54) is 15.2 Å². The van der Waals surface area contributed by atoms with Crippen LogP contribution in [-0.4, -0.2) is 71.1 Å². The summed E-state index contributed by atoms with van der Waals surface area (Å²) in [5.74, 6) is -0.593. The third-order valence-electron chi connectivity index (χ3n) is 11.4. The number of imide groups is 1. The van der Waals surface area contributed by atoms with Crippen molar-refractivity contribution in [3.8, 4) is 0 Å². The number of aromatic nitrogens is 6. The summed E-state index contributed by atoms with van der Waals surface area (Å²) >= 11 is 7.01. The molecule has 1 aliphatic carbocycles. The fourth-order valence-corrected chi connectivity index (χ4v) is 8.91. The molecular weight excluding hydrogens is 739 g/mol. The second kappa shape index (κ2) is 14.5. The Bertz CT molecular complexity index is 2370. The van der Waals surface area contributed by atoms with Crippen LogP contribution in [0.15, 0.2) is 53.6 Å². The lowest BCUT2D eigenvalue weighted by Gasteiger charge is -2.37. The molecule has 5 aromatic rings. The first-order chi connectivity index (χ1) is 26.3. The van der Waals surface area contributed by atoms with Gasteiger partial charge in [-0.1, -0.05) is 23.7 Å². The van der Waals surface area contributed by atoms with Crippen LogP contribution >= 0.6 is 11.6 Å². The monoisotopic (exact) mass is 777 g/mol. The molecule has 3 aliphatic rings. The molecule has 1 atom stereocenters. The minimum atomic E-state index is -4.66. The van der Waals surface area contributed by atoms with Gasteiger partial charge in [0.2, 0.25) is 11.8 Å². The molecule has 1 aromatic carbocycles. The Morgan fingerprint density at radius 2 is 1.78 bits per heavy atom. The second-order valence-electron chi connectivity index (χ2n) is 14.9. The normalized spacial score (nSPS) is 21.7. The Balaban J connectivity index is 0.850. The van der Waals surface area contributed by atoms with Gasteiger partial charge in [0.15, 0.2) is 0 Å². The summed E-state index contributed by atoms with van der Waals surface area (Å²) in [4.78, 5) is 60.5. The number of halogens is 4. The highest BCUT2D eigenvalue weighted by atomic mass is 35.5. The number of aryl methyl sites for hydroxylation is 1. The van der Waals surface area contributed by atoms with Crippen molar-refractivity contribution >= 4 is 57.1 Å². The highest BCUT2D eigenvalue weighted by Crippen LogP contribution is 2.39. The van der Waals surface area contributed by atoms with Crippen molar-refractivity contribution in [2.24, 2.45) is 13.0 Å². The first-order valence-corrected chi connectivity index (χ1v) is 18.9. The van der Waals surface area contributed by atoms with E-state index in [9.17, 15) is 32.3 Å². The zero-order chi connectivity index (χ0) is 38.6. The molecule has 4 aromatic heterocycles. The van der Waals surface area contributed by atoms with E-state index in [2.05, 4.69) is 25.5 Å². The van der Waals surface area contributed by atoms with Gasteiger partial charge < -0.3 is 10.2 Å². The summed E-state index contributed by atoms with van der Waals surface area (Å²) in [5, 5.41) is 10.9. The van der Waals surface area contributed by atoms with Crippen molar-refractivity contribution in [3.63, 3.8) is 0 Å². The van der Waals surface area contributed by atoms with Crippen molar-refractivity contribution in [3.05, 3.63) is 81.3 Å². The average Bonchev–Trinajstić information content (AvgIpc) is 3.70. The van der Waals surface area contributed by atoms with E-state index in [0.717, 1.165) is 81.2 Å². The summed E-state index contributed by atoms with van der Waals surface area (Å²) in [6.45, 7) is 2.90. The number of pyridine rings is 2. The predicted octanol–water partition coefficient (Wildman–Crippen LogP) is 5.99. The van der Waals surface area contributed by atoms with Crippen LogP contribution in [-0.2, 0) is 22.8 Å². The highest BCUT2D eigenvalue weighted by Gasteiger charge is 2.34. The van der Waals surface area contributed by atoms with E-state index in [1.807, 2.05) is 23.0 Å². The van der Waals surface area contributed by atoms with Crippen LogP contribution in [0.1, 0.15) is 91.1 Å². The van der Waals surface area contributed by atoms with Gasteiger partial charge in [0, 0.05) is 31.6 Å². The summed E-state index contributed by atoms with van der Waals surface area (Å²) in [6, 6.07) is 8.15. The van der Waals surface area contributed by atoms with Crippen LogP contribution in [0.5, 0.6) is 0 Å². The first-order valence-electron chi connectivity index (χ1n) is 18.5. The zero-order valence-electron chi connectivity index (χ0n) is 30.0. The zero-order valence-corrected chi connectivity index (χ0v) is 30.7. The van der Waals surface area contributed by atoms with Crippen molar-refractivity contribution in [1.82, 2.24) is 39.1 Å². The molecule has 3 fully saturated rings. The van der Waals surface area contributed by atoms with Crippen LogP contribution in [0.2, 0.25) is 5.02 Å². The van der Waals surface area contributed by atoms with E-state index in [0.29, 0.717) is 27.5 Å². The Morgan fingerprint density at radius 1 is 1.02 bits per heavy atom. The molecule has 1 unspecified atom stereocenters. The van der Waals surface area contributed by atoms with E-state index < -0.39 is 29.7 Å². The number of carbonyl (C=O) groups is 3. The standard InChI is InChI=1S/C38H39ClF3N9O4/c1-48-34-28(51(37(48)55)29-11-12-32(52)46-36(29)54)10-9-25(33(34)39)22-13-15-49(16-14-22)19-21-5-7-24(8-6-21)50-20-23-17-31(43-18-27(23)47-50)45-35(53)26-3-2-4-30(44-26)38(40,41)42/h2-4,9-10,17-18,20-22,24,29H,5-8,11-16,19H2,1H3,(H,45,53)(H,46,52,54)/t21-,24-,29?. The van der Waals surface area contributed by atoms with Crippen molar-refractivity contribution in [2.45, 2.75) is 75.5 Å². The number of rotatable bonds is 7. The Hall–Kier alpha value is -5.09. The van der Waals surface area contributed by atoms with Gasteiger partial charge in [-0.15, -0.1) is 0 Å². The molecule has 2 saturated heterocycles. The van der Waals surface area contributed by atoms with Gasteiger partial charge in [0.1, 0.15) is 28.8 Å². The smallest absolute Gasteiger partial charge is 0.305 e. The lowest BCUT2D eigenvalue weighted by atomic mass is 9.84. The van der Waals surface area contributed by atoms with Gasteiger partial charge in [0.05, 0.1) is 28.3 Å². The minimum absolute atomic E-state index is 0.175. The van der Waals surface area contributed by atoms with Gasteiger partial charge >= 0.3 is 11.9 Å². The SMILES string of the molecule is Cn1c(=O)n(C2CCC(=O)NC2=O)c2ccc(C3CCN(C[C@H]4CC[C@H](n5cc6cc(NC(=O)c7cccc(C(F)(F)F)n7)ncc6n5)CC4)CC3)c(Cl)c21. The maximum atomic E-state index is 13.3. The third-order valence-corrected chi connectivity index (χ3v) is 11.8. The molecule has 2 aliphatic heterocycles. The summed E-state index contributed by atoms with van der Waals surface area (Å²) in [6.07, 6.45) is 5.20. The van der Waals surface area contributed by atoms with Crippen LogP contribution in [0.3, 0.4) is 0 Å². The minimum Gasteiger partial charge on any atom is -0.305 e. The molecule has 6 heterocycles. The Kier molecular flexibility index (Phi) is 9.74. The molecule has 0 spiro atoms. The number of likely N-dealkylation sites (tertiary alicyclic amines) is 1. The average molecular weight is 778 g/mol. The predicted molar refractivity (Wildman–Crippen MR) is 198 cm³/mol. The maximum Gasteiger partial charge on any atom is 0.433 e. The highest BCUT2D eigenvalue weighted by molar-refractivity contribution is 6.36. The Labute approximate surface area is 317 Å². The van der Waals surface area contributed by atoms with Gasteiger partial charge in [0.25, 0.3) is 5.91 Å². The molecule has 55 heavy (non-hydrogen) atoms. The molecular formula is C38H39ClF3N9O4. The van der Waals surface area contributed by atoms with Gasteiger partial charge in [-0.25, -0.2) is 14.8 Å². The van der Waals surface area contributed by atoms with Crippen molar-refractivity contribution < 1.29 is 27.6 Å². The second-order valence-corrected chi connectivity index (χ2v) is 15.2. The molecule has 0 radical (unpaired) electrons. The fourth-order valence-electron chi connectivity index (χ4n) is 8.47. The maximum absolute atomic E-state index is 13.3. The number of imidazole rings is 1.